The van der Waals surface area contributed by atoms with Gasteiger partial charge in [-0.15, -0.1) is 0 Å². The van der Waals surface area contributed by atoms with Gasteiger partial charge in [0.2, 0.25) is 11.8 Å². The van der Waals surface area contributed by atoms with Crippen molar-refractivity contribution in [1.82, 2.24) is 5.32 Å². The second-order valence-electron chi connectivity index (χ2n) is 5.51. The maximum absolute atomic E-state index is 12.4. The summed E-state index contributed by atoms with van der Waals surface area (Å²) in [5, 5.41) is 3.06. The molecule has 0 saturated carbocycles. The number of nitrogens with one attached hydrogen (secondary N) is 1. The zero-order valence-electron chi connectivity index (χ0n) is 11.9. The number of hydrogen-bond acceptors (Lipinski definition) is 2. The van der Waals surface area contributed by atoms with E-state index in [0.29, 0.717) is 11.4 Å². The second-order valence-corrected chi connectivity index (χ2v) is 5.92. The number of halogens is 1. The second kappa shape index (κ2) is 5.96. The fourth-order valence-corrected chi connectivity index (χ4v) is 3.62. The summed E-state index contributed by atoms with van der Waals surface area (Å²) in [6.45, 7) is 4.13. The molecule has 2 amide bonds. The number of carbonyl (C=O) groups excluding carboxylic acids is 2. The minimum atomic E-state index is -0.348. The fraction of sp³-hybridized carbons (Fsp3) is 0.500. The number of carbonyl (C=O) groups is 2. The summed E-state index contributed by atoms with van der Waals surface area (Å²) in [5.74, 6) is -0.739. The van der Waals surface area contributed by atoms with E-state index in [9.17, 15) is 9.59 Å². The zero-order valence-corrected chi connectivity index (χ0v) is 12.7. The molecule has 0 aromatic heterocycles. The van der Waals surface area contributed by atoms with E-state index in [1.807, 2.05) is 25.1 Å². The van der Waals surface area contributed by atoms with Crippen LogP contribution in [0, 0.1) is 5.41 Å². The number of rotatable bonds is 4. The first-order chi connectivity index (χ1) is 9.54. The molecule has 1 saturated heterocycles. The summed E-state index contributed by atoms with van der Waals surface area (Å²) in [7, 11) is 0. The van der Waals surface area contributed by atoms with Gasteiger partial charge in [-0.2, -0.15) is 0 Å². The number of benzene rings is 1. The van der Waals surface area contributed by atoms with Crippen LogP contribution in [0.25, 0.3) is 0 Å². The molecule has 1 aliphatic rings. The van der Waals surface area contributed by atoms with Crippen LogP contribution in [-0.4, -0.2) is 11.8 Å². The van der Waals surface area contributed by atoms with Crippen LogP contribution in [0.5, 0.6) is 0 Å². The monoisotopic (exact) mass is 293 g/mol. The van der Waals surface area contributed by atoms with Gasteiger partial charge in [-0.3, -0.25) is 14.9 Å². The molecule has 0 bridgehead atoms. The fourth-order valence-electron chi connectivity index (χ4n) is 3.37. The first-order valence-corrected chi connectivity index (χ1v) is 7.50. The number of imide groups is 1. The summed E-state index contributed by atoms with van der Waals surface area (Å²) in [4.78, 5) is 24.2. The molecule has 2 atom stereocenters. The van der Waals surface area contributed by atoms with Gasteiger partial charge in [0.1, 0.15) is 0 Å². The van der Waals surface area contributed by atoms with E-state index in [0.717, 1.165) is 24.8 Å². The van der Waals surface area contributed by atoms with Gasteiger partial charge in [0.15, 0.2) is 0 Å². The highest BCUT2D eigenvalue weighted by Gasteiger charge is 2.47. The third kappa shape index (κ3) is 2.59. The topological polar surface area (TPSA) is 46.2 Å². The van der Waals surface area contributed by atoms with Gasteiger partial charge < -0.3 is 0 Å². The standard InChI is InChI=1S/C16H20ClNO2/c1-3-9-16(4-2)10-13(19)18-15(20)14(16)11-7-5-6-8-12(11)17/h5-8,14H,3-4,9-10H2,1-2H3,(H,18,19,20). The lowest BCUT2D eigenvalue weighted by molar-refractivity contribution is -0.140. The van der Waals surface area contributed by atoms with Gasteiger partial charge in [-0.05, 0) is 29.9 Å². The predicted octanol–water partition coefficient (Wildman–Crippen LogP) is 3.67. The van der Waals surface area contributed by atoms with Crippen LogP contribution in [-0.2, 0) is 9.59 Å². The number of piperidine rings is 1. The Morgan fingerprint density at radius 2 is 2.00 bits per heavy atom. The lowest BCUT2D eigenvalue weighted by Gasteiger charge is -2.42. The van der Waals surface area contributed by atoms with Crippen molar-refractivity contribution in [2.45, 2.75) is 45.4 Å². The van der Waals surface area contributed by atoms with Crippen LogP contribution in [0.1, 0.15) is 51.0 Å². The molecule has 0 spiro atoms. The minimum absolute atomic E-state index is 0.173. The van der Waals surface area contributed by atoms with E-state index < -0.39 is 0 Å². The SMILES string of the molecule is CCCC1(CC)CC(=O)NC(=O)C1c1ccccc1Cl. The van der Waals surface area contributed by atoms with Crippen LogP contribution in [0.15, 0.2) is 24.3 Å². The van der Waals surface area contributed by atoms with Gasteiger partial charge in [0.25, 0.3) is 0 Å². The van der Waals surface area contributed by atoms with Crippen molar-refractivity contribution in [1.29, 1.82) is 0 Å². The normalized spacial score (nSPS) is 26.4. The van der Waals surface area contributed by atoms with Crippen molar-refractivity contribution in [3.05, 3.63) is 34.9 Å². The maximum Gasteiger partial charge on any atom is 0.234 e. The molecule has 1 fully saturated rings. The average Bonchev–Trinajstić information content (AvgIpc) is 2.40. The number of amides is 2. The third-order valence-electron chi connectivity index (χ3n) is 4.32. The van der Waals surface area contributed by atoms with Crippen molar-refractivity contribution in [2.75, 3.05) is 0 Å². The first-order valence-electron chi connectivity index (χ1n) is 7.12. The molecule has 1 aromatic carbocycles. The summed E-state index contributed by atoms with van der Waals surface area (Å²) in [6, 6.07) is 7.43. The lowest BCUT2D eigenvalue weighted by Crippen LogP contribution is -2.50. The summed E-state index contributed by atoms with van der Waals surface area (Å²) >= 11 is 6.28. The Labute approximate surface area is 124 Å². The van der Waals surface area contributed by atoms with Gasteiger partial charge in [-0.1, -0.05) is 50.1 Å². The Balaban J connectivity index is 2.52. The molecule has 1 N–H and O–H groups in total. The molecule has 20 heavy (non-hydrogen) atoms. The highest BCUT2D eigenvalue weighted by atomic mass is 35.5. The maximum atomic E-state index is 12.4. The van der Waals surface area contributed by atoms with Crippen LogP contribution in [0.2, 0.25) is 5.02 Å². The van der Waals surface area contributed by atoms with E-state index >= 15 is 0 Å². The summed E-state index contributed by atoms with van der Waals surface area (Å²) in [6.07, 6.45) is 2.96. The smallest absolute Gasteiger partial charge is 0.234 e. The van der Waals surface area contributed by atoms with E-state index in [-0.39, 0.29) is 23.1 Å². The largest absolute Gasteiger partial charge is 0.296 e. The Morgan fingerprint density at radius 3 is 2.60 bits per heavy atom. The van der Waals surface area contributed by atoms with E-state index in [4.69, 9.17) is 11.6 Å². The quantitative estimate of drug-likeness (QED) is 0.861. The Morgan fingerprint density at radius 1 is 1.30 bits per heavy atom. The molecule has 1 aromatic rings. The average molecular weight is 294 g/mol. The zero-order chi connectivity index (χ0) is 14.8. The molecule has 1 heterocycles. The summed E-state index contributed by atoms with van der Waals surface area (Å²) < 4.78 is 0. The minimum Gasteiger partial charge on any atom is -0.296 e. The van der Waals surface area contributed by atoms with Gasteiger partial charge in [0.05, 0.1) is 5.92 Å². The molecule has 4 heteroatoms. The predicted molar refractivity (Wildman–Crippen MR) is 79.6 cm³/mol. The Bertz CT molecular complexity index is 529. The molecule has 108 valence electrons. The molecular weight excluding hydrogens is 274 g/mol. The first kappa shape index (κ1) is 15.0. The molecule has 2 rings (SSSR count). The molecular formula is C16H20ClNO2. The van der Waals surface area contributed by atoms with E-state index in [1.165, 1.54) is 0 Å². The molecule has 2 unspecified atom stereocenters. The van der Waals surface area contributed by atoms with Crippen molar-refractivity contribution in [3.8, 4) is 0 Å². The van der Waals surface area contributed by atoms with Gasteiger partial charge in [-0.25, -0.2) is 0 Å². The van der Waals surface area contributed by atoms with Gasteiger partial charge in [0, 0.05) is 11.4 Å². The summed E-state index contributed by atoms with van der Waals surface area (Å²) in [5.41, 5.74) is 0.508. The van der Waals surface area contributed by atoms with Crippen molar-refractivity contribution in [2.24, 2.45) is 5.41 Å². The van der Waals surface area contributed by atoms with Crippen molar-refractivity contribution >= 4 is 23.4 Å². The van der Waals surface area contributed by atoms with Crippen LogP contribution >= 0.6 is 11.6 Å². The Hall–Kier alpha value is -1.35. The lowest BCUT2D eigenvalue weighted by atomic mass is 9.63. The van der Waals surface area contributed by atoms with Crippen molar-refractivity contribution in [3.63, 3.8) is 0 Å². The molecule has 0 aliphatic carbocycles. The van der Waals surface area contributed by atoms with Crippen LogP contribution in [0.3, 0.4) is 0 Å². The highest BCUT2D eigenvalue weighted by Crippen LogP contribution is 2.49. The van der Waals surface area contributed by atoms with Crippen molar-refractivity contribution < 1.29 is 9.59 Å². The van der Waals surface area contributed by atoms with Gasteiger partial charge >= 0.3 is 0 Å². The van der Waals surface area contributed by atoms with Crippen LogP contribution in [0.4, 0.5) is 0 Å². The van der Waals surface area contributed by atoms with E-state index in [2.05, 4.69) is 12.2 Å². The Kier molecular flexibility index (Phi) is 4.48. The molecule has 0 radical (unpaired) electrons. The number of hydrogen-bond donors (Lipinski definition) is 1. The molecule has 3 nitrogen and oxygen atoms in total. The van der Waals surface area contributed by atoms with E-state index in [1.54, 1.807) is 6.07 Å². The third-order valence-corrected chi connectivity index (χ3v) is 4.66. The highest BCUT2D eigenvalue weighted by molar-refractivity contribution is 6.31. The van der Waals surface area contributed by atoms with Crippen LogP contribution < -0.4 is 5.32 Å². The molecule has 1 aliphatic heterocycles.